The van der Waals surface area contributed by atoms with Gasteiger partial charge in [0.2, 0.25) is 0 Å². The minimum Gasteiger partial charge on any atom is -0.368 e. The predicted molar refractivity (Wildman–Crippen MR) is 108 cm³/mol. The molecule has 2 aliphatic rings. The number of ether oxygens (including phenoxy) is 1. The fraction of sp³-hybridized carbons (Fsp3) is 0.619. The summed E-state index contributed by atoms with van der Waals surface area (Å²) in [6.45, 7) is 11.0. The lowest BCUT2D eigenvalue weighted by atomic mass is 10.00. The van der Waals surface area contributed by atoms with Gasteiger partial charge in [0.1, 0.15) is 6.10 Å². The third-order valence-corrected chi connectivity index (χ3v) is 5.57. The number of aryl methyl sites for hydroxylation is 3. The Morgan fingerprint density at radius 2 is 1.78 bits per heavy atom. The van der Waals surface area contributed by atoms with Gasteiger partial charge in [-0.25, -0.2) is 0 Å². The summed E-state index contributed by atoms with van der Waals surface area (Å²) >= 11 is 0. The van der Waals surface area contributed by atoms with E-state index in [-0.39, 0.29) is 12.0 Å². The van der Waals surface area contributed by atoms with Gasteiger partial charge in [-0.1, -0.05) is 17.7 Å². The predicted octanol–water partition coefficient (Wildman–Crippen LogP) is 2.01. The summed E-state index contributed by atoms with van der Waals surface area (Å²) in [5.74, 6) is 1.06. The number of hydrogen-bond acceptors (Lipinski definition) is 3. The number of carbonyl (C=O) groups excluding carboxylic acids is 1. The van der Waals surface area contributed by atoms with Gasteiger partial charge in [-0.15, -0.1) is 0 Å². The summed E-state index contributed by atoms with van der Waals surface area (Å²) in [4.78, 5) is 21.1. The SMILES string of the molecule is CN=C(NCc1c(C)cc(C)cc1C)N1CCN(C(=O)C2CCCO2)CC1. The summed E-state index contributed by atoms with van der Waals surface area (Å²) in [5, 5.41) is 3.50. The quantitative estimate of drug-likeness (QED) is 0.651. The zero-order valence-electron chi connectivity index (χ0n) is 17.0. The van der Waals surface area contributed by atoms with Crippen molar-refractivity contribution in [3.05, 3.63) is 34.4 Å². The van der Waals surface area contributed by atoms with E-state index in [0.29, 0.717) is 6.61 Å². The number of rotatable bonds is 3. The van der Waals surface area contributed by atoms with Crippen molar-refractivity contribution in [3.63, 3.8) is 0 Å². The van der Waals surface area contributed by atoms with Gasteiger partial charge in [-0.05, 0) is 50.3 Å². The number of piperazine rings is 1. The molecule has 0 bridgehead atoms. The maximum atomic E-state index is 12.5. The Bertz CT molecular complexity index is 679. The van der Waals surface area contributed by atoms with Gasteiger partial charge in [-0.2, -0.15) is 0 Å². The van der Waals surface area contributed by atoms with Crippen LogP contribution in [0, 0.1) is 20.8 Å². The van der Waals surface area contributed by atoms with Crippen LogP contribution in [-0.4, -0.2) is 67.6 Å². The van der Waals surface area contributed by atoms with Crippen molar-refractivity contribution in [2.75, 3.05) is 39.8 Å². The zero-order valence-corrected chi connectivity index (χ0v) is 17.0. The Morgan fingerprint density at radius 1 is 1.15 bits per heavy atom. The second-order valence-electron chi connectivity index (χ2n) is 7.59. The smallest absolute Gasteiger partial charge is 0.251 e. The maximum Gasteiger partial charge on any atom is 0.251 e. The fourth-order valence-electron chi connectivity index (χ4n) is 4.10. The molecule has 6 nitrogen and oxygen atoms in total. The van der Waals surface area contributed by atoms with Crippen LogP contribution in [0.3, 0.4) is 0 Å². The maximum absolute atomic E-state index is 12.5. The first kappa shape index (κ1) is 19.7. The van der Waals surface area contributed by atoms with E-state index in [4.69, 9.17) is 4.74 Å². The van der Waals surface area contributed by atoms with E-state index in [1.54, 1.807) is 0 Å². The molecule has 2 heterocycles. The number of carbonyl (C=O) groups is 1. The number of benzene rings is 1. The Morgan fingerprint density at radius 3 is 2.33 bits per heavy atom. The molecule has 1 aromatic carbocycles. The van der Waals surface area contributed by atoms with E-state index >= 15 is 0 Å². The van der Waals surface area contributed by atoms with Crippen molar-refractivity contribution in [1.82, 2.24) is 15.1 Å². The lowest BCUT2D eigenvalue weighted by Crippen LogP contribution is -2.55. The van der Waals surface area contributed by atoms with E-state index in [9.17, 15) is 4.79 Å². The van der Waals surface area contributed by atoms with E-state index < -0.39 is 0 Å². The first-order chi connectivity index (χ1) is 13.0. The fourth-order valence-corrected chi connectivity index (χ4v) is 4.10. The van der Waals surface area contributed by atoms with E-state index in [1.807, 2.05) is 11.9 Å². The van der Waals surface area contributed by atoms with Gasteiger partial charge in [0, 0.05) is 46.4 Å². The average Bonchev–Trinajstić information content (AvgIpc) is 3.18. The van der Waals surface area contributed by atoms with E-state index in [1.165, 1.54) is 22.3 Å². The van der Waals surface area contributed by atoms with Gasteiger partial charge in [-0.3, -0.25) is 9.79 Å². The molecule has 0 radical (unpaired) electrons. The number of aliphatic imine (C=N–C) groups is 1. The van der Waals surface area contributed by atoms with Crippen LogP contribution in [0.15, 0.2) is 17.1 Å². The van der Waals surface area contributed by atoms with Crippen LogP contribution in [-0.2, 0) is 16.1 Å². The highest BCUT2D eigenvalue weighted by molar-refractivity contribution is 5.82. The molecule has 1 aromatic rings. The third-order valence-electron chi connectivity index (χ3n) is 5.57. The average molecular weight is 373 g/mol. The van der Waals surface area contributed by atoms with Crippen molar-refractivity contribution >= 4 is 11.9 Å². The van der Waals surface area contributed by atoms with Crippen LogP contribution < -0.4 is 5.32 Å². The van der Waals surface area contributed by atoms with Crippen molar-refractivity contribution in [2.45, 2.75) is 46.3 Å². The van der Waals surface area contributed by atoms with Crippen LogP contribution in [0.1, 0.15) is 35.1 Å². The Labute approximate surface area is 162 Å². The first-order valence-electron chi connectivity index (χ1n) is 9.92. The third kappa shape index (κ3) is 4.61. The molecule has 2 aliphatic heterocycles. The number of hydrogen-bond donors (Lipinski definition) is 1. The molecule has 6 heteroatoms. The van der Waals surface area contributed by atoms with Gasteiger partial charge < -0.3 is 19.9 Å². The molecule has 2 fully saturated rings. The lowest BCUT2D eigenvalue weighted by molar-refractivity contribution is -0.142. The highest BCUT2D eigenvalue weighted by atomic mass is 16.5. The van der Waals surface area contributed by atoms with Crippen LogP contribution in [0.2, 0.25) is 0 Å². The van der Waals surface area contributed by atoms with Crippen LogP contribution >= 0.6 is 0 Å². The Kier molecular flexibility index (Phi) is 6.37. The van der Waals surface area contributed by atoms with Gasteiger partial charge in [0.15, 0.2) is 5.96 Å². The van der Waals surface area contributed by atoms with Gasteiger partial charge in [0.05, 0.1) is 0 Å². The minimum absolute atomic E-state index is 0.154. The second-order valence-corrected chi connectivity index (χ2v) is 7.59. The topological polar surface area (TPSA) is 57.2 Å². The normalized spacial score (nSPS) is 20.9. The number of nitrogens with zero attached hydrogens (tertiary/aromatic N) is 3. The summed E-state index contributed by atoms with van der Waals surface area (Å²) in [5.41, 5.74) is 5.24. The number of nitrogens with one attached hydrogen (secondary N) is 1. The summed E-state index contributed by atoms with van der Waals surface area (Å²) < 4.78 is 5.54. The molecular formula is C21H32N4O2. The molecule has 1 atom stereocenters. The minimum atomic E-state index is -0.221. The lowest BCUT2D eigenvalue weighted by Gasteiger charge is -2.37. The molecule has 1 N–H and O–H groups in total. The largest absolute Gasteiger partial charge is 0.368 e. The highest BCUT2D eigenvalue weighted by Crippen LogP contribution is 2.17. The van der Waals surface area contributed by atoms with Gasteiger partial charge in [0.25, 0.3) is 5.91 Å². The monoisotopic (exact) mass is 372 g/mol. The van der Waals surface area contributed by atoms with Crippen LogP contribution in [0.5, 0.6) is 0 Å². The van der Waals surface area contributed by atoms with Crippen molar-refractivity contribution < 1.29 is 9.53 Å². The second kappa shape index (κ2) is 8.74. The highest BCUT2D eigenvalue weighted by Gasteiger charge is 2.30. The molecule has 0 aromatic heterocycles. The molecule has 0 saturated carbocycles. The molecule has 0 aliphatic carbocycles. The van der Waals surface area contributed by atoms with E-state index in [2.05, 4.69) is 48.1 Å². The molecule has 2 saturated heterocycles. The molecule has 1 unspecified atom stereocenters. The van der Waals surface area contributed by atoms with Crippen LogP contribution in [0.4, 0.5) is 0 Å². The zero-order chi connectivity index (χ0) is 19.4. The molecule has 148 valence electrons. The van der Waals surface area contributed by atoms with Crippen molar-refractivity contribution in [3.8, 4) is 0 Å². The van der Waals surface area contributed by atoms with Crippen LogP contribution in [0.25, 0.3) is 0 Å². The Balaban J connectivity index is 1.54. The standard InChI is InChI=1S/C21H32N4O2/c1-15-12-16(2)18(17(3)13-15)14-23-21(22-4)25-9-7-24(8-10-25)20(26)19-6-5-11-27-19/h12-13,19H,5-11,14H2,1-4H3,(H,22,23). The van der Waals surface area contributed by atoms with Gasteiger partial charge >= 0.3 is 0 Å². The molecule has 0 spiro atoms. The van der Waals surface area contributed by atoms with E-state index in [0.717, 1.165) is 51.5 Å². The summed E-state index contributed by atoms with van der Waals surface area (Å²) in [6.07, 6.45) is 1.63. The molecule has 1 amide bonds. The van der Waals surface area contributed by atoms with Crippen molar-refractivity contribution in [1.29, 1.82) is 0 Å². The molecule has 3 rings (SSSR count). The Hall–Kier alpha value is -2.08. The summed E-state index contributed by atoms with van der Waals surface area (Å²) in [7, 11) is 1.82. The first-order valence-corrected chi connectivity index (χ1v) is 9.92. The molecular weight excluding hydrogens is 340 g/mol. The van der Waals surface area contributed by atoms with Crippen molar-refractivity contribution in [2.24, 2.45) is 4.99 Å². The number of amides is 1. The summed E-state index contributed by atoms with van der Waals surface area (Å²) in [6, 6.07) is 4.45. The molecule has 27 heavy (non-hydrogen) atoms. The number of guanidine groups is 1.